The Hall–Kier alpha value is -2.40. The topological polar surface area (TPSA) is 66.0 Å². The molecule has 2 N–H and O–H groups in total. The normalized spacial score (nSPS) is 20.7. The Morgan fingerprint density at radius 3 is 2.75 bits per heavy atom. The van der Waals surface area contributed by atoms with Crippen molar-refractivity contribution >= 4 is 16.9 Å². The number of aryl methyl sites for hydroxylation is 2. The summed E-state index contributed by atoms with van der Waals surface area (Å²) in [6.45, 7) is 2.12. The lowest BCUT2D eigenvalue weighted by atomic mass is 10.0. The molecule has 0 saturated carbocycles. The summed E-state index contributed by atoms with van der Waals surface area (Å²) in [5, 5.41) is 0.969. The number of rotatable bonds is 4. The number of anilines is 1. The smallest absolute Gasteiger partial charge is 0.147 e. The van der Waals surface area contributed by atoms with Crippen LogP contribution in [0.25, 0.3) is 11.0 Å². The van der Waals surface area contributed by atoms with Gasteiger partial charge in [0.15, 0.2) is 0 Å². The van der Waals surface area contributed by atoms with Crippen LogP contribution in [0.5, 0.6) is 0 Å². The number of hydrogen-bond donors (Lipinski definition) is 1. The number of benzene rings is 1. The minimum atomic E-state index is 0.0438. The van der Waals surface area contributed by atoms with Crippen molar-refractivity contribution in [3.05, 3.63) is 54.0 Å². The Bertz CT molecular complexity index is 843. The highest BCUT2D eigenvalue weighted by Gasteiger charge is 2.26. The van der Waals surface area contributed by atoms with Gasteiger partial charge in [0.25, 0.3) is 0 Å². The van der Waals surface area contributed by atoms with Crippen molar-refractivity contribution in [1.82, 2.24) is 14.5 Å². The maximum Gasteiger partial charge on any atom is 0.147 e. The van der Waals surface area contributed by atoms with Crippen molar-refractivity contribution < 1.29 is 4.74 Å². The van der Waals surface area contributed by atoms with Crippen LogP contribution >= 0.6 is 0 Å². The molecule has 2 aromatic heterocycles. The molecule has 5 nitrogen and oxygen atoms in total. The van der Waals surface area contributed by atoms with E-state index in [2.05, 4.69) is 51.9 Å². The van der Waals surface area contributed by atoms with E-state index in [1.807, 2.05) is 6.07 Å². The van der Waals surface area contributed by atoms with Gasteiger partial charge in [0, 0.05) is 6.20 Å². The van der Waals surface area contributed by atoms with Gasteiger partial charge in [-0.3, -0.25) is 0 Å². The first-order valence-electron chi connectivity index (χ1n) is 8.51. The largest absolute Gasteiger partial charge is 0.383 e. The predicted octanol–water partition coefficient (Wildman–Crippen LogP) is 3.50. The molecule has 0 radical (unpaired) electrons. The highest BCUT2D eigenvalue weighted by atomic mass is 16.5. The number of hydrogen-bond acceptors (Lipinski definition) is 4. The Kier molecular flexibility index (Phi) is 3.94. The van der Waals surface area contributed by atoms with E-state index in [0.717, 1.165) is 36.7 Å². The standard InChI is InChI=1S/C19H22N4O/c1-13-7-10-16(24-13)23-11-15(9-8-14-5-3-2-4-6-14)17-18(20)21-12-22-19(17)23/h2-6,11-13,16H,7-10H2,1H3,(H2,20,21,22). The molecule has 3 heterocycles. The van der Waals surface area contributed by atoms with Crippen LogP contribution in [0.4, 0.5) is 5.82 Å². The fraction of sp³-hybridized carbons (Fsp3) is 0.368. The monoisotopic (exact) mass is 322 g/mol. The van der Waals surface area contributed by atoms with Crippen LogP contribution in [-0.4, -0.2) is 20.6 Å². The second-order valence-electron chi connectivity index (χ2n) is 6.48. The fourth-order valence-corrected chi connectivity index (χ4v) is 3.51. The first-order valence-corrected chi connectivity index (χ1v) is 8.51. The molecule has 1 saturated heterocycles. The van der Waals surface area contributed by atoms with Crippen LogP contribution in [0.3, 0.4) is 0 Å². The predicted molar refractivity (Wildman–Crippen MR) is 94.6 cm³/mol. The third-order valence-electron chi connectivity index (χ3n) is 4.76. The molecule has 0 bridgehead atoms. The minimum absolute atomic E-state index is 0.0438. The van der Waals surface area contributed by atoms with Crippen molar-refractivity contribution in [2.45, 2.75) is 44.9 Å². The van der Waals surface area contributed by atoms with E-state index >= 15 is 0 Å². The fourth-order valence-electron chi connectivity index (χ4n) is 3.51. The number of ether oxygens (including phenoxy) is 1. The van der Waals surface area contributed by atoms with Crippen LogP contribution in [-0.2, 0) is 17.6 Å². The van der Waals surface area contributed by atoms with E-state index in [-0.39, 0.29) is 6.23 Å². The lowest BCUT2D eigenvalue weighted by Gasteiger charge is -2.13. The number of nitrogens with zero attached hydrogens (tertiary/aromatic N) is 3. The summed E-state index contributed by atoms with van der Waals surface area (Å²) in [6, 6.07) is 10.5. The summed E-state index contributed by atoms with van der Waals surface area (Å²) in [4.78, 5) is 8.67. The Morgan fingerprint density at radius 2 is 2.00 bits per heavy atom. The highest BCUT2D eigenvalue weighted by molar-refractivity contribution is 5.89. The van der Waals surface area contributed by atoms with Crippen molar-refractivity contribution in [3.8, 4) is 0 Å². The summed E-state index contributed by atoms with van der Waals surface area (Å²) in [6.07, 6.45) is 7.98. The molecule has 5 heteroatoms. The Balaban J connectivity index is 1.69. The molecular formula is C19H22N4O. The van der Waals surface area contributed by atoms with Crippen molar-refractivity contribution in [2.75, 3.05) is 5.73 Å². The number of nitrogens with two attached hydrogens (primary N) is 1. The molecule has 4 rings (SSSR count). The minimum Gasteiger partial charge on any atom is -0.383 e. The maximum absolute atomic E-state index is 6.16. The first-order chi connectivity index (χ1) is 11.7. The van der Waals surface area contributed by atoms with Gasteiger partial charge in [-0.15, -0.1) is 0 Å². The molecule has 1 fully saturated rings. The molecule has 2 atom stereocenters. The molecule has 0 aliphatic carbocycles. The molecule has 2 unspecified atom stereocenters. The van der Waals surface area contributed by atoms with Crippen LogP contribution in [0.1, 0.15) is 37.1 Å². The van der Waals surface area contributed by atoms with E-state index < -0.39 is 0 Å². The Labute approximate surface area is 141 Å². The first kappa shape index (κ1) is 15.1. The zero-order chi connectivity index (χ0) is 16.5. The van der Waals surface area contributed by atoms with Gasteiger partial charge in [0.2, 0.25) is 0 Å². The number of fused-ring (bicyclic) bond motifs is 1. The summed E-state index contributed by atoms with van der Waals surface area (Å²) in [5.74, 6) is 0.549. The zero-order valence-electron chi connectivity index (χ0n) is 13.9. The second kappa shape index (κ2) is 6.24. The molecule has 1 aliphatic rings. The van der Waals surface area contributed by atoms with E-state index in [1.165, 1.54) is 17.5 Å². The molecule has 124 valence electrons. The summed E-state index contributed by atoms with van der Waals surface area (Å²) < 4.78 is 8.17. The average molecular weight is 322 g/mol. The number of aromatic nitrogens is 3. The van der Waals surface area contributed by atoms with E-state index in [1.54, 1.807) is 0 Å². The van der Waals surface area contributed by atoms with Crippen molar-refractivity contribution in [3.63, 3.8) is 0 Å². The van der Waals surface area contributed by atoms with E-state index in [4.69, 9.17) is 10.5 Å². The summed E-state index contributed by atoms with van der Waals surface area (Å²) >= 11 is 0. The van der Waals surface area contributed by atoms with E-state index in [0.29, 0.717) is 11.9 Å². The van der Waals surface area contributed by atoms with Gasteiger partial charge in [-0.05, 0) is 43.7 Å². The summed E-state index contributed by atoms with van der Waals surface area (Å²) in [5.41, 5.74) is 9.55. The van der Waals surface area contributed by atoms with Crippen LogP contribution in [0.2, 0.25) is 0 Å². The average Bonchev–Trinajstić information content (AvgIpc) is 3.18. The quantitative estimate of drug-likeness (QED) is 0.798. The van der Waals surface area contributed by atoms with E-state index in [9.17, 15) is 0 Å². The zero-order valence-corrected chi connectivity index (χ0v) is 13.9. The van der Waals surface area contributed by atoms with Gasteiger partial charge in [0.1, 0.15) is 24.0 Å². The second-order valence-corrected chi connectivity index (χ2v) is 6.48. The number of nitrogen functional groups attached to an aromatic ring is 1. The third-order valence-corrected chi connectivity index (χ3v) is 4.76. The van der Waals surface area contributed by atoms with Crippen molar-refractivity contribution in [2.24, 2.45) is 0 Å². The van der Waals surface area contributed by atoms with Crippen LogP contribution in [0, 0.1) is 0 Å². The van der Waals surface area contributed by atoms with Gasteiger partial charge in [-0.2, -0.15) is 0 Å². The molecule has 1 aliphatic heterocycles. The molecular weight excluding hydrogens is 300 g/mol. The Morgan fingerprint density at radius 1 is 1.17 bits per heavy atom. The van der Waals surface area contributed by atoms with Gasteiger partial charge in [0.05, 0.1) is 11.5 Å². The molecule has 0 spiro atoms. The van der Waals surface area contributed by atoms with Crippen LogP contribution < -0.4 is 5.73 Å². The van der Waals surface area contributed by atoms with Crippen LogP contribution in [0.15, 0.2) is 42.9 Å². The molecule has 3 aromatic rings. The van der Waals surface area contributed by atoms with Gasteiger partial charge >= 0.3 is 0 Å². The van der Waals surface area contributed by atoms with Gasteiger partial charge in [-0.1, -0.05) is 30.3 Å². The van der Waals surface area contributed by atoms with Gasteiger partial charge < -0.3 is 15.0 Å². The summed E-state index contributed by atoms with van der Waals surface area (Å²) in [7, 11) is 0. The van der Waals surface area contributed by atoms with Crippen molar-refractivity contribution in [1.29, 1.82) is 0 Å². The lowest BCUT2D eigenvalue weighted by Crippen LogP contribution is -2.09. The third kappa shape index (κ3) is 2.76. The molecule has 0 amide bonds. The van der Waals surface area contributed by atoms with Gasteiger partial charge in [-0.25, -0.2) is 9.97 Å². The maximum atomic E-state index is 6.16. The molecule has 1 aromatic carbocycles. The lowest BCUT2D eigenvalue weighted by molar-refractivity contribution is 0.0134. The highest BCUT2D eigenvalue weighted by Crippen LogP contribution is 2.34. The SMILES string of the molecule is CC1CCC(n2cc(CCc3ccccc3)c3c(N)ncnc32)O1. The molecule has 24 heavy (non-hydrogen) atoms.